The Bertz CT molecular complexity index is 920. The molecule has 23 heavy (non-hydrogen) atoms. The molecule has 2 aromatic carbocycles. The summed E-state index contributed by atoms with van der Waals surface area (Å²) in [6.45, 7) is 2.01. The van der Waals surface area contributed by atoms with Crippen molar-refractivity contribution in [1.29, 1.82) is 5.26 Å². The number of aryl methyl sites for hydroxylation is 1. The highest BCUT2D eigenvalue weighted by atomic mass is 16.1. The van der Waals surface area contributed by atoms with Crippen LogP contribution in [-0.2, 0) is 0 Å². The Balaban J connectivity index is 2.06. The third kappa shape index (κ3) is 3.14. The Morgan fingerprint density at radius 2 is 1.74 bits per heavy atom. The normalized spacial score (nSPS) is 10.1. The molecule has 0 aliphatic rings. The van der Waals surface area contributed by atoms with Crippen molar-refractivity contribution in [2.24, 2.45) is 0 Å². The number of aromatic amines is 1. The number of nitrogens with one attached hydrogen (secondary N) is 2. The largest absolute Gasteiger partial charge is 0.342 e. The minimum absolute atomic E-state index is 0.116. The monoisotopic (exact) mass is 301 g/mol. The molecule has 3 rings (SSSR count). The van der Waals surface area contributed by atoms with E-state index in [-0.39, 0.29) is 5.56 Å². The minimum atomic E-state index is -0.400. The molecule has 1 aromatic heterocycles. The van der Waals surface area contributed by atoms with Gasteiger partial charge in [-0.05, 0) is 30.7 Å². The highest BCUT2D eigenvalue weighted by Gasteiger charge is 2.11. The van der Waals surface area contributed by atoms with Gasteiger partial charge >= 0.3 is 0 Å². The second-order valence-electron chi connectivity index (χ2n) is 5.27. The molecule has 0 radical (unpaired) electrons. The lowest BCUT2D eigenvalue weighted by atomic mass is 10.0. The maximum atomic E-state index is 12.2. The maximum Gasteiger partial charge on any atom is 0.268 e. The summed E-state index contributed by atoms with van der Waals surface area (Å²) in [4.78, 5) is 14.9. The molecule has 0 fully saturated rings. The Labute approximate surface area is 134 Å². The SMILES string of the molecule is Cc1ccc(Nc2cc(-c3ccccc3)c(C#N)c(=O)[nH]2)cc1. The molecular formula is C19H15N3O. The van der Waals surface area contributed by atoms with E-state index in [2.05, 4.69) is 10.3 Å². The van der Waals surface area contributed by atoms with Crippen molar-refractivity contribution >= 4 is 11.5 Å². The maximum absolute atomic E-state index is 12.2. The Morgan fingerprint density at radius 3 is 2.39 bits per heavy atom. The average Bonchev–Trinajstić information content (AvgIpc) is 2.57. The number of rotatable bonds is 3. The minimum Gasteiger partial charge on any atom is -0.342 e. The lowest BCUT2D eigenvalue weighted by molar-refractivity contribution is 1.21. The lowest BCUT2D eigenvalue weighted by Gasteiger charge is -2.10. The molecule has 0 saturated carbocycles. The fourth-order valence-corrected chi connectivity index (χ4v) is 2.38. The Hall–Kier alpha value is -3.32. The van der Waals surface area contributed by atoms with Gasteiger partial charge in [-0.1, -0.05) is 48.0 Å². The molecule has 0 atom stereocenters. The van der Waals surface area contributed by atoms with Crippen LogP contribution in [0.5, 0.6) is 0 Å². The molecule has 4 nitrogen and oxygen atoms in total. The van der Waals surface area contributed by atoms with Crippen LogP contribution in [0.2, 0.25) is 0 Å². The summed E-state index contributed by atoms with van der Waals surface area (Å²) in [7, 11) is 0. The molecule has 0 aliphatic heterocycles. The van der Waals surface area contributed by atoms with Gasteiger partial charge in [-0.3, -0.25) is 4.79 Å². The molecule has 112 valence electrons. The Kier molecular flexibility index (Phi) is 3.94. The summed E-state index contributed by atoms with van der Waals surface area (Å²) in [5.41, 5.74) is 3.20. The summed E-state index contributed by atoms with van der Waals surface area (Å²) < 4.78 is 0. The number of benzene rings is 2. The van der Waals surface area contributed by atoms with Gasteiger partial charge in [-0.25, -0.2) is 0 Å². The molecule has 0 saturated heterocycles. The molecule has 3 aromatic rings. The summed E-state index contributed by atoms with van der Waals surface area (Å²) in [5.74, 6) is 0.553. The van der Waals surface area contributed by atoms with Gasteiger partial charge in [-0.15, -0.1) is 0 Å². The van der Waals surface area contributed by atoms with Gasteiger partial charge in [0, 0.05) is 11.3 Å². The smallest absolute Gasteiger partial charge is 0.268 e. The number of pyridine rings is 1. The number of anilines is 2. The van der Waals surface area contributed by atoms with E-state index in [1.165, 1.54) is 0 Å². The van der Waals surface area contributed by atoms with Crippen molar-refractivity contribution in [2.75, 3.05) is 5.32 Å². The van der Waals surface area contributed by atoms with Crippen LogP contribution in [0.1, 0.15) is 11.1 Å². The van der Waals surface area contributed by atoms with Crippen LogP contribution in [0.4, 0.5) is 11.5 Å². The fourth-order valence-electron chi connectivity index (χ4n) is 2.38. The van der Waals surface area contributed by atoms with Crippen LogP contribution < -0.4 is 10.9 Å². The quantitative estimate of drug-likeness (QED) is 0.769. The van der Waals surface area contributed by atoms with E-state index in [1.54, 1.807) is 6.07 Å². The van der Waals surface area contributed by atoms with E-state index >= 15 is 0 Å². The molecule has 1 heterocycles. The molecule has 0 unspecified atom stereocenters. The standard InChI is InChI=1S/C19H15N3O/c1-13-7-9-15(10-8-13)21-18-11-16(14-5-3-2-4-6-14)17(12-20)19(23)22-18/h2-11H,1H3,(H2,21,22,23). The number of nitriles is 1. The number of aromatic nitrogens is 1. The van der Waals surface area contributed by atoms with Crippen LogP contribution >= 0.6 is 0 Å². The molecular weight excluding hydrogens is 286 g/mol. The third-order valence-electron chi connectivity index (χ3n) is 3.56. The van der Waals surface area contributed by atoms with Crippen LogP contribution in [-0.4, -0.2) is 4.98 Å². The zero-order valence-electron chi connectivity index (χ0n) is 12.6. The van der Waals surface area contributed by atoms with Crippen molar-refractivity contribution in [2.45, 2.75) is 6.92 Å². The molecule has 0 bridgehead atoms. The highest BCUT2D eigenvalue weighted by Crippen LogP contribution is 2.24. The third-order valence-corrected chi connectivity index (χ3v) is 3.56. The van der Waals surface area contributed by atoms with Crippen LogP contribution in [0, 0.1) is 18.3 Å². The van der Waals surface area contributed by atoms with Crippen molar-refractivity contribution in [3.63, 3.8) is 0 Å². The topological polar surface area (TPSA) is 68.7 Å². The highest BCUT2D eigenvalue weighted by molar-refractivity contribution is 5.73. The average molecular weight is 301 g/mol. The van der Waals surface area contributed by atoms with E-state index in [0.29, 0.717) is 11.4 Å². The molecule has 0 spiro atoms. The van der Waals surface area contributed by atoms with Crippen LogP contribution in [0.15, 0.2) is 65.5 Å². The number of H-pyrrole nitrogens is 1. The molecule has 0 amide bonds. The molecule has 2 N–H and O–H groups in total. The van der Waals surface area contributed by atoms with Gasteiger partial charge in [0.25, 0.3) is 5.56 Å². The molecule has 0 aliphatic carbocycles. The van der Waals surface area contributed by atoms with Crippen molar-refractivity contribution in [3.05, 3.63) is 82.1 Å². The first-order valence-electron chi connectivity index (χ1n) is 7.24. The predicted molar refractivity (Wildman–Crippen MR) is 91.7 cm³/mol. The number of nitrogens with zero attached hydrogens (tertiary/aromatic N) is 1. The first kappa shape index (κ1) is 14.6. The first-order valence-corrected chi connectivity index (χ1v) is 7.24. The van der Waals surface area contributed by atoms with Crippen LogP contribution in [0.3, 0.4) is 0 Å². The van der Waals surface area contributed by atoms with Crippen LogP contribution in [0.25, 0.3) is 11.1 Å². The molecule has 4 heteroatoms. The summed E-state index contributed by atoms with van der Waals surface area (Å²) in [6.07, 6.45) is 0. The van der Waals surface area contributed by atoms with E-state index in [9.17, 15) is 10.1 Å². The second kappa shape index (κ2) is 6.20. The van der Waals surface area contributed by atoms with E-state index in [0.717, 1.165) is 16.8 Å². The zero-order chi connectivity index (χ0) is 16.2. The summed E-state index contributed by atoms with van der Waals surface area (Å²) in [6, 6.07) is 21.0. The zero-order valence-corrected chi connectivity index (χ0v) is 12.6. The van der Waals surface area contributed by atoms with Gasteiger partial charge in [-0.2, -0.15) is 5.26 Å². The fraction of sp³-hybridized carbons (Fsp3) is 0.0526. The second-order valence-corrected chi connectivity index (χ2v) is 5.27. The van der Waals surface area contributed by atoms with Gasteiger partial charge in [0.05, 0.1) is 0 Å². The van der Waals surface area contributed by atoms with E-state index in [1.807, 2.05) is 67.6 Å². The van der Waals surface area contributed by atoms with Gasteiger partial charge in [0.2, 0.25) is 0 Å². The first-order chi connectivity index (χ1) is 11.2. The van der Waals surface area contributed by atoms with E-state index in [4.69, 9.17) is 0 Å². The van der Waals surface area contributed by atoms with Crippen molar-refractivity contribution in [3.8, 4) is 17.2 Å². The number of hydrogen-bond donors (Lipinski definition) is 2. The van der Waals surface area contributed by atoms with Crippen molar-refractivity contribution in [1.82, 2.24) is 4.98 Å². The lowest BCUT2D eigenvalue weighted by Crippen LogP contribution is -2.13. The van der Waals surface area contributed by atoms with Gasteiger partial charge in [0.1, 0.15) is 17.5 Å². The summed E-state index contributed by atoms with van der Waals surface area (Å²) >= 11 is 0. The Morgan fingerprint density at radius 1 is 1.04 bits per heavy atom. The predicted octanol–water partition coefficient (Wildman–Crippen LogP) is 3.97. The van der Waals surface area contributed by atoms with E-state index < -0.39 is 5.56 Å². The summed E-state index contributed by atoms with van der Waals surface area (Å²) in [5, 5.41) is 12.4. The van der Waals surface area contributed by atoms with Gasteiger partial charge < -0.3 is 10.3 Å². The number of hydrogen-bond acceptors (Lipinski definition) is 3. The van der Waals surface area contributed by atoms with Crippen molar-refractivity contribution < 1.29 is 0 Å². The van der Waals surface area contributed by atoms with Gasteiger partial charge in [0.15, 0.2) is 0 Å².